The van der Waals surface area contributed by atoms with Crippen molar-refractivity contribution in [2.24, 2.45) is 0 Å². The van der Waals surface area contributed by atoms with Crippen molar-refractivity contribution in [3.05, 3.63) is 131 Å². The molecular formula is C35H33N5O2S. The number of amides is 2. The molecule has 0 atom stereocenters. The Labute approximate surface area is 256 Å². The summed E-state index contributed by atoms with van der Waals surface area (Å²) in [4.78, 5) is 25.1. The van der Waals surface area contributed by atoms with Gasteiger partial charge in [-0.3, -0.25) is 9.59 Å². The summed E-state index contributed by atoms with van der Waals surface area (Å²) < 4.78 is 2.08. The van der Waals surface area contributed by atoms with Crippen LogP contribution in [-0.4, -0.2) is 26.6 Å². The summed E-state index contributed by atoms with van der Waals surface area (Å²) in [5, 5.41) is 15.6. The van der Waals surface area contributed by atoms with Gasteiger partial charge in [0.15, 0.2) is 11.0 Å². The molecular weight excluding hydrogens is 554 g/mol. The number of benzene rings is 4. The smallest absolute Gasteiger partial charge is 0.255 e. The first-order valence-electron chi connectivity index (χ1n) is 14.1. The molecule has 0 saturated heterocycles. The number of hydrogen-bond acceptors (Lipinski definition) is 5. The maximum Gasteiger partial charge on any atom is 0.255 e. The predicted molar refractivity (Wildman–Crippen MR) is 175 cm³/mol. The van der Waals surface area contributed by atoms with Crippen molar-refractivity contribution in [1.82, 2.24) is 14.8 Å². The predicted octanol–water partition coefficient (Wildman–Crippen LogP) is 7.78. The number of thioether (sulfide) groups is 1. The van der Waals surface area contributed by atoms with Crippen LogP contribution in [0.5, 0.6) is 0 Å². The highest BCUT2D eigenvalue weighted by molar-refractivity contribution is 7.98. The summed E-state index contributed by atoms with van der Waals surface area (Å²) >= 11 is 1.60. The Morgan fingerprint density at radius 3 is 2.30 bits per heavy atom. The Hall–Kier alpha value is -4.95. The minimum atomic E-state index is -0.193. The number of nitrogens with zero attached hydrogens (tertiary/aromatic N) is 3. The van der Waals surface area contributed by atoms with E-state index in [1.165, 1.54) is 6.08 Å². The highest BCUT2D eigenvalue weighted by Gasteiger charge is 2.14. The molecule has 0 radical (unpaired) electrons. The van der Waals surface area contributed by atoms with Crippen LogP contribution in [0.15, 0.2) is 108 Å². The van der Waals surface area contributed by atoms with Crippen LogP contribution in [0.3, 0.4) is 0 Å². The Kier molecular flexibility index (Phi) is 9.49. The van der Waals surface area contributed by atoms with Crippen molar-refractivity contribution >= 4 is 41.0 Å². The summed E-state index contributed by atoms with van der Waals surface area (Å²) in [6, 6.07) is 30.9. The molecule has 0 saturated carbocycles. The second-order valence-corrected chi connectivity index (χ2v) is 11.1. The van der Waals surface area contributed by atoms with E-state index in [9.17, 15) is 9.59 Å². The highest BCUT2D eigenvalue weighted by Crippen LogP contribution is 2.27. The monoisotopic (exact) mass is 587 g/mol. The molecule has 0 spiro atoms. The van der Waals surface area contributed by atoms with Crippen LogP contribution < -0.4 is 10.6 Å². The molecule has 2 N–H and O–H groups in total. The van der Waals surface area contributed by atoms with E-state index in [1.807, 2.05) is 105 Å². The van der Waals surface area contributed by atoms with Crippen molar-refractivity contribution in [3.63, 3.8) is 0 Å². The number of carbonyl (C=O) groups excluding carboxylic acids is 2. The molecule has 1 heterocycles. The van der Waals surface area contributed by atoms with Gasteiger partial charge in [0, 0.05) is 40.9 Å². The Morgan fingerprint density at radius 2 is 1.60 bits per heavy atom. The van der Waals surface area contributed by atoms with Gasteiger partial charge in [-0.1, -0.05) is 71.9 Å². The van der Waals surface area contributed by atoms with Gasteiger partial charge in [-0.05, 0) is 86.0 Å². The van der Waals surface area contributed by atoms with Crippen molar-refractivity contribution in [2.45, 2.75) is 38.2 Å². The molecule has 0 aliphatic heterocycles. The van der Waals surface area contributed by atoms with Crippen molar-refractivity contribution < 1.29 is 9.59 Å². The fourth-order valence-corrected chi connectivity index (χ4v) is 5.52. The topological polar surface area (TPSA) is 88.9 Å². The van der Waals surface area contributed by atoms with Crippen molar-refractivity contribution in [2.75, 3.05) is 10.6 Å². The standard InChI is InChI=1S/C35H33N5O2S/c1-4-40-33(28-16-18-30(19-17-28)36-32(41)21-13-26-8-6-5-7-9-26)38-39-35(40)43-23-27-11-14-29(15-12-27)34(42)37-31-20-10-24(2)22-25(31)3/h5-22H,4,23H2,1-3H3,(H,36,41)(H,37,42). The number of carbonyl (C=O) groups is 2. The zero-order chi connectivity index (χ0) is 30.2. The average molecular weight is 588 g/mol. The third-order valence-corrected chi connectivity index (χ3v) is 7.92. The largest absolute Gasteiger partial charge is 0.323 e. The fourth-order valence-electron chi connectivity index (χ4n) is 4.57. The van der Waals surface area contributed by atoms with E-state index in [-0.39, 0.29) is 11.8 Å². The van der Waals surface area contributed by atoms with Gasteiger partial charge in [-0.15, -0.1) is 10.2 Å². The second-order valence-electron chi connectivity index (χ2n) is 10.1. The number of rotatable bonds is 10. The Morgan fingerprint density at radius 1 is 0.860 bits per heavy atom. The maximum atomic E-state index is 12.8. The minimum Gasteiger partial charge on any atom is -0.323 e. The number of hydrogen-bond donors (Lipinski definition) is 2. The van der Waals surface area contributed by atoms with Crippen molar-refractivity contribution in [1.29, 1.82) is 0 Å². The summed E-state index contributed by atoms with van der Waals surface area (Å²) in [7, 11) is 0. The maximum absolute atomic E-state index is 12.8. The average Bonchev–Trinajstić information content (AvgIpc) is 3.44. The lowest BCUT2D eigenvalue weighted by atomic mass is 10.1. The Bertz CT molecular complexity index is 1740. The summed E-state index contributed by atoms with van der Waals surface area (Å²) in [6.07, 6.45) is 3.31. The highest BCUT2D eigenvalue weighted by atomic mass is 32.2. The van der Waals surface area contributed by atoms with E-state index in [1.54, 1.807) is 17.8 Å². The number of anilines is 2. The van der Waals surface area contributed by atoms with Crippen LogP contribution in [-0.2, 0) is 17.1 Å². The van der Waals surface area contributed by atoms with Gasteiger partial charge in [0.05, 0.1) is 0 Å². The third-order valence-electron chi connectivity index (χ3n) is 6.88. The molecule has 216 valence electrons. The molecule has 43 heavy (non-hydrogen) atoms. The summed E-state index contributed by atoms with van der Waals surface area (Å²) in [6.45, 7) is 6.80. The SMILES string of the molecule is CCn1c(SCc2ccc(C(=O)Nc3ccc(C)cc3C)cc2)nnc1-c1ccc(NC(=O)C=Cc2ccccc2)cc1. The van der Waals surface area contributed by atoms with Crippen LogP contribution in [0.2, 0.25) is 0 Å². The summed E-state index contributed by atoms with van der Waals surface area (Å²) in [5.74, 6) is 1.14. The second kappa shape index (κ2) is 13.8. The lowest BCUT2D eigenvalue weighted by Gasteiger charge is -2.10. The van der Waals surface area contributed by atoms with E-state index in [4.69, 9.17) is 0 Å². The molecule has 0 fully saturated rings. The quantitative estimate of drug-likeness (QED) is 0.129. The van der Waals surface area contributed by atoms with E-state index >= 15 is 0 Å². The van der Waals surface area contributed by atoms with Crippen LogP contribution in [0, 0.1) is 13.8 Å². The first-order chi connectivity index (χ1) is 20.9. The molecule has 7 nitrogen and oxygen atoms in total. The molecule has 0 aliphatic rings. The number of nitrogens with one attached hydrogen (secondary N) is 2. The molecule has 5 aromatic rings. The zero-order valence-electron chi connectivity index (χ0n) is 24.4. The van der Waals surface area contributed by atoms with Crippen LogP contribution in [0.25, 0.3) is 17.5 Å². The minimum absolute atomic E-state index is 0.129. The first kappa shape index (κ1) is 29.5. The molecule has 0 bridgehead atoms. The van der Waals surface area contributed by atoms with E-state index in [2.05, 4.69) is 38.4 Å². The lowest BCUT2D eigenvalue weighted by Crippen LogP contribution is -2.12. The summed E-state index contributed by atoms with van der Waals surface area (Å²) in [5.41, 5.74) is 7.30. The molecule has 0 aliphatic carbocycles. The Balaban J connectivity index is 1.18. The van der Waals surface area contributed by atoms with Gasteiger partial charge in [0.1, 0.15) is 0 Å². The van der Waals surface area contributed by atoms with Gasteiger partial charge in [-0.25, -0.2) is 0 Å². The van der Waals surface area contributed by atoms with Crippen LogP contribution in [0.1, 0.15) is 39.5 Å². The van der Waals surface area contributed by atoms with Crippen LogP contribution in [0.4, 0.5) is 11.4 Å². The van der Waals surface area contributed by atoms with E-state index in [0.29, 0.717) is 23.5 Å². The van der Waals surface area contributed by atoms with E-state index < -0.39 is 0 Å². The lowest BCUT2D eigenvalue weighted by molar-refractivity contribution is -0.111. The molecule has 2 amide bonds. The normalized spacial score (nSPS) is 11.0. The molecule has 5 rings (SSSR count). The van der Waals surface area contributed by atoms with Gasteiger partial charge in [0.25, 0.3) is 5.91 Å². The number of aryl methyl sites for hydroxylation is 2. The van der Waals surface area contributed by atoms with Crippen LogP contribution >= 0.6 is 11.8 Å². The van der Waals surface area contributed by atoms with E-state index in [0.717, 1.165) is 44.5 Å². The fraction of sp³-hybridized carbons (Fsp3) is 0.143. The van der Waals surface area contributed by atoms with Crippen molar-refractivity contribution in [3.8, 4) is 11.4 Å². The first-order valence-corrected chi connectivity index (χ1v) is 15.1. The molecule has 1 aromatic heterocycles. The molecule has 8 heteroatoms. The van der Waals surface area contributed by atoms with Gasteiger partial charge >= 0.3 is 0 Å². The molecule has 4 aromatic carbocycles. The number of aromatic nitrogens is 3. The van der Waals surface area contributed by atoms with Gasteiger partial charge in [0.2, 0.25) is 5.91 Å². The van der Waals surface area contributed by atoms with Gasteiger partial charge < -0.3 is 15.2 Å². The van der Waals surface area contributed by atoms with Gasteiger partial charge in [-0.2, -0.15) is 0 Å². The third kappa shape index (κ3) is 7.67. The molecule has 0 unspecified atom stereocenters. The zero-order valence-corrected chi connectivity index (χ0v) is 25.2.